The van der Waals surface area contributed by atoms with Crippen LogP contribution in [0.1, 0.15) is 12.8 Å². The number of hydrogen-bond donors (Lipinski definition) is 1. The van der Waals surface area contributed by atoms with Gasteiger partial charge < -0.3 is 15.1 Å². The molecule has 0 heterocycles. The van der Waals surface area contributed by atoms with Gasteiger partial charge in [0.2, 0.25) is 5.91 Å². The Labute approximate surface area is 87.3 Å². The van der Waals surface area contributed by atoms with E-state index < -0.39 is 0 Å². The number of amides is 1. The summed E-state index contributed by atoms with van der Waals surface area (Å²) in [7, 11) is 7.69. The molecule has 1 amide bonds. The molecule has 0 fully saturated rings. The van der Waals surface area contributed by atoms with Gasteiger partial charge in [-0.2, -0.15) is 0 Å². The number of rotatable bonds is 7. The molecule has 84 valence electrons. The lowest BCUT2D eigenvalue weighted by molar-refractivity contribution is -0.128. The molecule has 0 rings (SSSR count). The van der Waals surface area contributed by atoms with Gasteiger partial charge in [0.05, 0.1) is 0 Å². The summed E-state index contributed by atoms with van der Waals surface area (Å²) in [4.78, 5) is 14.9. The molecule has 0 aliphatic heterocycles. The maximum absolute atomic E-state index is 11.2. The summed E-state index contributed by atoms with van der Waals surface area (Å²) in [6.45, 7) is 2.96. The van der Waals surface area contributed by atoms with Crippen LogP contribution in [-0.2, 0) is 4.79 Å². The second kappa shape index (κ2) is 7.76. The van der Waals surface area contributed by atoms with E-state index in [0.29, 0.717) is 6.42 Å². The normalized spacial score (nSPS) is 10.6. The van der Waals surface area contributed by atoms with Crippen LogP contribution < -0.4 is 5.32 Å². The second-order valence-electron chi connectivity index (χ2n) is 3.94. The number of nitrogens with zero attached hydrogens (tertiary/aromatic N) is 2. The summed E-state index contributed by atoms with van der Waals surface area (Å²) in [5, 5.41) is 3.30. The third kappa shape index (κ3) is 8.01. The Balaban J connectivity index is 3.18. The minimum absolute atomic E-state index is 0.208. The zero-order chi connectivity index (χ0) is 11.0. The van der Waals surface area contributed by atoms with Crippen molar-refractivity contribution in [1.29, 1.82) is 0 Å². The van der Waals surface area contributed by atoms with Crippen molar-refractivity contribution in [2.24, 2.45) is 0 Å². The van der Waals surface area contributed by atoms with Gasteiger partial charge in [0.25, 0.3) is 0 Å². The molecule has 4 heteroatoms. The lowest BCUT2D eigenvalue weighted by Crippen LogP contribution is -2.28. The first kappa shape index (κ1) is 13.4. The number of likely N-dealkylation sites (N-methyl/N-ethyl adjacent to an activating group) is 1. The summed E-state index contributed by atoms with van der Waals surface area (Å²) in [6.07, 6.45) is 1.56. The molecule has 0 radical (unpaired) electrons. The largest absolute Gasteiger partial charge is 0.349 e. The minimum Gasteiger partial charge on any atom is -0.349 e. The molecule has 0 unspecified atom stereocenters. The Kier molecular flexibility index (Phi) is 7.42. The van der Waals surface area contributed by atoms with Gasteiger partial charge in [-0.15, -0.1) is 0 Å². The van der Waals surface area contributed by atoms with Crippen LogP contribution in [-0.4, -0.2) is 63.5 Å². The summed E-state index contributed by atoms with van der Waals surface area (Å²) < 4.78 is 0. The molecule has 14 heavy (non-hydrogen) atoms. The van der Waals surface area contributed by atoms with Crippen LogP contribution in [0.25, 0.3) is 0 Å². The predicted octanol–water partition coefficient (Wildman–Crippen LogP) is 0.00600. The van der Waals surface area contributed by atoms with Gasteiger partial charge in [-0.3, -0.25) is 4.79 Å². The molecule has 0 aromatic carbocycles. The fourth-order valence-corrected chi connectivity index (χ4v) is 1.02. The van der Waals surface area contributed by atoms with Gasteiger partial charge in [0.15, 0.2) is 0 Å². The monoisotopic (exact) mass is 201 g/mol. The first-order chi connectivity index (χ1) is 6.54. The van der Waals surface area contributed by atoms with E-state index in [1.54, 1.807) is 19.0 Å². The van der Waals surface area contributed by atoms with Gasteiger partial charge in [-0.05, 0) is 27.1 Å². The topological polar surface area (TPSA) is 35.6 Å². The first-order valence-corrected chi connectivity index (χ1v) is 5.09. The van der Waals surface area contributed by atoms with E-state index in [2.05, 4.69) is 24.3 Å². The highest BCUT2D eigenvalue weighted by Crippen LogP contribution is 1.91. The average Bonchev–Trinajstić information content (AvgIpc) is 2.09. The third-order valence-electron chi connectivity index (χ3n) is 1.98. The van der Waals surface area contributed by atoms with E-state index in [4.69, 9.17) is 0 Å². The Morgan fingerprint density at radius 2 is 1.79 bits per heavy atom. The molecular weight excluding hydrogens is 178 g/mol. The van der Waals surface area contributed by atoms with E-state index in [9.17, 15) is 4.79 Å². The lowest BCUT2D eigenvalue weighted by atomic mass is 10.3. The molecule has 4 nitrogen and oxygen atoms in total. The van der Waals surface area contributed by atoms with E-state index in [1.807, 2.05) is 0 Å². The molecule has 0 bridgehead atoms. The number of nitrogens with one attached hydrogen (secondary N) is 1. The van der Waals surface area contributed by atoms with Crippen molar-refractivity contribution in [3.05, 3.63) is 0 Å². The molecular formula is C10H23N3O. The number of hydrogen-bond acceptors (Lipinski definition) is 3. The van der Waals surface area contributed by atoms with E-state index in [1.165, 1.54) is 0 Å². The highest BCUT2D eigenvalue weighted by molar-refractivity contribution is 5.75. The molecule has 0 atom stereocenters. The molecule has 1 N–H and O–H groups in total. The number of carbonyl (C=O) groups excluding carboxylic acids is 1. The van der Waals surface area contributed by atoms with Crippen LogP contribution in [0.4, 0.5) is 0 Å². The highest BCUT2D eigenvalue weighted by Gasteiger charge is 2.01. The Morgan fingerprint density at radius 3 is 2.29 bits per heavy atom. The SMILES string of the molecule is CN(C)CCNCCCC(=O)N(C)C. The van der Waals surface area contributed by atoms with E-state index >= 15 is 0 Å². The van der Waals surface area contributed by atoms with E-state index in [0.717, 1.165) is 26.1 Å². The van der Waals surface area contributed by atoms with Crippen LogP contribution in [0.15, 0.2) is 0 Å². The zero-order valence-corrected chi connectivity index (χ0v) is 9.84. The Bertz CT molecular complexity index is 157. The van der Waals surface area contributed by atoms with Crippen LogP contribution in [0.3, 0.4) is 0 Å². The number of carbonyl (C=O) groups is 1. The fraction of sp³-hybridized carbons (Fsp3) is 0.900. The lowest BCUT2D eigenvalue weighted by Gasteiger charge is -2.11. The van der Waals surface area contributed by atoms with Gasteiger partial charge in [0, 0.05) is 33.6 Å². The Morgan fingerprint density at radius 1 is 1.14 bits per heavy atom. The molecule has 0 saturated carbocycles. The van der Waals surface area contributed by atoms with Crippen LogP contribution in [0.5, 0.6) is 0 Å². The highest BCUT2D eigenvalue weighted by atomic mass is 16.2. The van der Waals surface area contributed by atoms with Crippen molar-refractivity contribution in [3.63, 3.8) is 0 Å². The Hall–Kier alpha value is -0.610. The summed E-state index contributed by atoms with van der Waals surface area (Å²) in [6, 6.07) is 0. The molecule has 0 aromatic rings. The zero-order valence-electron chi connectivity index (χ0n) is 9.84. The van der Waals surface area contributed by atoms with Crippen molar-refractivity contribution in [2.75, 3.05) is 47.8 Å². The van der Waals surface area contributed by atoms with Gasteiger partial charge in [-0.1, -0.05) is 0 Å². The fourth-order valence-electron chi connectivity index (χ4n) is 1.02. The summed E-state index contributed by atoms with van der Waals surface area (Å²) in [5.41, 5.74) is 0. The third-order valence-corrected chi connectivity index (χ3v) is 1.98. The van der Waals surface area contributed by atoms with Crippen LogP contribution >= 0.6 is 0 Å². The van der Waals surface area contributed by atoms with Gasteiger partial charge in [-0.25, -0.2) is 0 Å². The molecule has 0 aliphatic carbocycles. The smallest absolute Gasteiger partial charge is 0.222 e. The maximum atomic E-state index is 11.2. The predicted molar refractivity (Wildman–Crippen MR) is 59.4 cm³/mol. The second-order valence-corrected chi connectivity index (χ2v) is 3.94. The molecule has 0 aromatic heterocycles. The first-order valence-electron chi connectivity index (χ1n) is 5.09. The molecule has 0 saturated heterocycles. The van der Waals surface area contributed by atoms with Gasteiger partial charge >= 0.3 is 0 Å². The van der Waals surface area contributed by atoms with Crippen LogP contribution in [0, 0.1) is 0 Å². The van der Waals surface area contributed by atoms with Crippen molar-refractivity contribution < 1.29 is 4.79 Å². The quantitative estimate of drug-likeness (QED) is 0.589. The minimum atomic E-state index is 0.208. The van der Waals surface area contributed by atoms with Crippen molar-refractivity contribution in [3.8, 4) is 0 Å². The molecule has 0 aliphatic rings. The van der Waals surface area contributed by atoms with Crippen molar-refractivity contribution in [1.82, 2.24) is 15.1 Å². The molecule has 0 spiro atoms. The summed E-state index contributed by atoms with van der Waals surface area (Å²) in [5.74, 6) is 0.208. The van der Waals surface area contributed by atoms with Crippen LogP contribution in [0.2, 0.25) is 0 Å². The maximum Gasteiger partial charge on any atom is 0.222 e. The average molecular weight is 201 g/mol. The van der Waals surface area contributed by atoms with E-state index in [-0.39, 0.29) is 5.91 Å². The van der Waals surface area contributed by atoms with Gasteiger partial charge in [0.1, 0.15) is 0 Å². The van der Waals surface area contributed by atoms with Crippen molar-refractivity contribution >= 4 is 5.91 Å². The standard InChI is InChI=1S/C10H23N3O/c1-12(2)9-8-11-7-5-6-10(14)13(3)4/h11H,5-9H2,1-4H3. The van der Waals surface area contributed by atoms with Crippen molar-refractivity contribution in [2.45, 2.75) is 12.8 Å². The summed E-state index contributed by atoms with van der Waals surface area (Å²) >= 11 is 0.